The van der Waals surface area contributed by atoms with Gasteiger partial charge in [-0.15, -0.1) is 0 Å². The number of rotatable bonds is 8. The van der Waals surface area contributed by atoms with Gasteiger partial charge in [0.25, 0.3) is 0 Å². The van der Waals surface area contributed by atoms with Crippen LogP contribution >= 0.6 is 0 Å². The molecule has 2 atom stereocenters. The molecule has 7 heteroatoms. The highest BCUT2D eigenvalue weighted by Crippen LogP contribution is 2.28. The quantitative estimate of drug-likeness (QED) is 0.559. The van der Waals surface area contributed by atoms with Gasteiger partial charge in [0.15, 0.2) is 0 Å². The Hall–Kier alpha value is -2.57. The van der Waals surface area contributed by atoms with E-state index in [9.17, 15) is 14.4 Å². The Balaban J connectivity index is 2.34. The second kappa shape index (κ2) is 12.2. The van der Waals surface area contributed by atoms with Gasteiger partial charge in [-0.05, 0) is 77.5 Å². The Morgan fingerprint density at radius 1 is 1.09 bits per heavy atom. The van der Waals surface area contributed by atoms with E-state index in [-0.39, 0.29) is 30.4 Å². The summed E-state index contributed by atoms with van der Waals surface area (Å²) < 4.78 is 5.28. The lowest BCUT2D eigenvalue weighted by atomic mass is 9.93. The van der Waals surface area contributed by atoms with Gasteiger partial charge >= 0.3 is 6.09 Å². The van der Waals surface area contributed by atoms with Crippen molar-refractivity contribution in [2.45, 2.75) is 111 Å². The van der Waals surface area contributed by atoms with Gasteiger partial charge in [0.05, 0.1) is 0 Å². The molecule has 1 saturated carbocycles. The number of hydrogen-bond donors (Lipinski definition) is 2. The first kappa shape index (κ1) is 27.7. The minimum absolute atomic E-state index is 0.129. The highest BCUT2D eigenvalue weighted by Gasteiger charge is 2.35. The zero-order valence-corrected chi connectivity index (χ0v) is 22.0. The van der Waals surface area contributed by atoms with Crippen LogP contribution in [0.4, 0.5) is 4.79 Å². The molecule has 190 valence electrons. The molecule has 1 aliphatic carbocycles. The Morgan fingerprint density at radius 2 is 1.74 bits per heavy atom. The summed E-state index contributed by atoms with van der Waals surface area (Å²) in [6, 6.07) is 5.07. The van der Waals surface area contributed by atoms with Crippen LogP contribution in [-0.4, -0.2) is 47.0 Å². The van der Waals surface area contributed by atoms with Gasteiger partial charge in [-0.2, -0.15) is 0 Å². The first-order valence-electron chi connectivity index (χ1n) is 12.6. The third-order valence-corrected chi connectivity index (χ3v) is 6.46. The lowest BCUT2D eigenvalue weighted by Crippen LogP contribution is -2.52. The molecule has 0 aromatic heterocycles. The van der Waals surface area contributed by atoms with Crippen LogP contribution in [0.1, 0.15) is 95.9 Å². The van der Waals surface area contributed by atoms with Gasteiger partial charge in [0.2, 0.25) is 11.8 Å². The molecule has 0 spiro atoms. The zero-order chi connectivity index (χ0) is 25.5. The largest absolute Gasteiger partial charge is 0.444 e. The molecular formula is C27H43N3O4. The number of benzene rings is 1. The normalized spacial score (nSPS) is 16.3. The van der Waals surface area contributed by atoms with Crippen LogP contribution in [0.25, 0.3) is 0 Å². The van der Waals surface area contributed by atoms with Crippen molar-refractivity contribution in [1.29, 1.82) is 0 Å². The molecule has 0 aliphatic heterocycles. The predicted octanol–water partition coefficient (Wildman–Crippen LogP) is 4.95. The van der Waals surface area contributed by atoms with Gasteiger partial charge in [0.1, 0.15) is 18.2 Å². The molecule has 1 aromatic rings. The van der Waals surface area contributed by atoms with Crippen LogP contribution in [0.3, 0.4) is 0 Å². The monoisotopic (exact) mass is 473 g/mol. The number of ether oxygens (including phenoxy) is 1. The lowest BCUT2D eigenvalue weighted by Gasteiger charge is -2.37. The van der Waals surface area contributed by atoms with E-state index in [0.717, 1.165) is 42.4 Å². The van der Waals surface area contributed by atoms with Crippen LogP contribution < -0.4 is 10.6 Å². The third kappa shape index (κ3) is 8.03. The highest BCUT2D eigenvalue weighted by atomic mass is 16.6. The van der Waals surface area contributed by atoms with E-state index in [2.05, 4.69) is 10.6 Å². The topological polar surface area (TPSA) is 87.7 Å². The summed E-state index contributed by atoms with van der Waals surface area (Å²) in [5, 5.41) is 5.78. The molecule has 7 nitrogen and oxygen atoms in total. The van der Waals surface area contributed by atoms with Crippen molar-refractivity contribution in [1.82, 2.24) is 15.5 Å². The number of carbonyl (C=O) groups is 3. The number of nitrogens with zero attached hydrogens (tertiary/aromatic N) is 1. The summed E-state index contributed by atoms with van der Waals surface area (Å²) in [6.07, 6.45) is 5.35. The van der Waals surface area contributed by atoms with Crippen molar-refractivity contribution >= 4 is 17.9 Å². The maximum atomic E-state index is 13.7. The van der Waals surface area contributed by atoms with Gasteiger partial charge in [-0.1, -0.05) is 44.4 Å². The Kier molecular flexibility index (Phi) is 9.95. The van der Waals surface area contributed by atoms with Crippen molar-refractivity contribution in [3.63, 3.8) is 0 Å². The van der Waals surface area contributed by atoms with Crippen LogP contribution in [0.2, 0.25) is 0 Å². The van der Waals surface area contributed by atoms with E-state index >= 15 is 0 Å². The van der Waals surface area contributed by atoms with Crippen molar-refractivity contribution in [2.24, 2.45) is 0 Å². The number of carbonyl (C=O) groups excluding carboxylic acids is 3. The Bertz CT molecular complexity index is 856. The van der Waals surface area contributed by atoms with E-state index in [1.807, 2.05) is 45.9 Å². The molecule has 2 rings (SSSR count). The van der Waals surface area contributed by atoms with Crippen LogP contribution in [0.15, 0.2) is 18.2 Å². The van der Waals surface area contributed by atoms with Crippen molar-refractivity contribution in [2.75, 3.05) is 6.54 Å². The SMILES string of the molecule is CCC(C)N(C(=O)CNC(=O)OC(C)(C)C)C(C(=O)NC1CCCCC1)c1ccc(C)c(C)c1. The molecule has 34 heavy (non-hydrogen) atoms. The van der Waals surface area contributed by atoms with E-state index in [1.165, 1.54) is 6.42 Å². The minimum atomic E-state index is -0.774. The first-order chi connectivity index (χ1) is 15.9. The highest BCUT2D eigenvalue weighted by molar-refractivity contribution is 5.90. The molecule has 2 N–H and O–H groups in total. The van der Waals surface area contributed by atoms with Crippen LogP contribution in [-0.2, 0) is 14.3 Å². The van der Waals surface area contributed by atoms with E-state index in [1.54, 1.807) is 25.7 Å². The molecule has 1 aliphatic rings. The fourth-order valence-electron chi connectivity index (χ4n) is 4.29. The number of hydrogen-bond acceptors (Lipinski definition) is 4. The Labute approximate surface area is 205 Å². The summed E-state index contributed by atoms with van der Waals surface area (Å²) >= 11 is 0. The van der Waals surface area contributed by atoms with Crippen molar-refractivity contribution in [3.05, 3.63) is 34.9 Å². The number of nitrogens with one attached hydrogen (secondary N) is 2. The van der Waals surface area contributed by atoms with Crippen molar-refractivity contribution in [3.8, 4) is 0 Å². The van der Waals surface area contributed by atoms with Crippen LogP contribution in [0.5, 0.6) is 0 Å². The number of amides is 3. The Morgan fingerprint density at radius 3 is 2.29 bits per heavy atom. The molecule has 0 radical (unpaired) electrons. The molecule has 0 heterocycles. The summed E-state index contributed by atoms with van der Waals surface area (Å²) in [6.45, 7) is 13.0. The summed E-state index contributed by atoms with van der Waals surface area (Å²) in [7, 11) is 0. The average Bonchev–Trinajstić information content (AvgIpc) is 2.76. The molecule has 1 aromatic carbocycles. The standard InChI is InChI=1S/C27H43N3O4/c1-8-20(4)30(23(31)17-28-26(33)34-27(5,6)7)24(21-15-14-18(2)19(3)16-21)25(32)29-22-12-10-9-11-13-22/h14-16,20,22,24H,8-13,17H2,1-7H3,(H,28,33)(H,29,32). The molecule has 3 amide bonds. The predicted molar refractivity (Wildman–Crippen MR) is 135 cm³/mol. The van der Waals surface area contributed by atoms with Crippen LogP contribution in [0, 0.1) is 13.8 Å². The molecule has 1 fully saturated rings. The summed E-state index contributed by atoms with van der Waals surface area (Å²) in [5.74, 6) is -0.483. The van der Waals surface area contributed by atoms with Gasteiger partial charge in [-0.25, -0.2) is 4.79 Å². The van der Waals surface area contributed by atoms with Gasteiger partial charge < -0.3 is 20.3 Å². The van der Waals surface area contributed by atoms with E-state index < -0.39 is 17.7 Å². The smallest absolute Gasteiger partial charge is 0.408 e. The zero-order valence-electron chi connectivity index (χ0n) is 22.0. The van der Waals surface area contributed by atoms with Gasteiger partial charge in [-0.3, -0.25) is 9.59 Å². The average molecular weight is 474 g/mol. The lowest BCUT2D eigenvalue weighted by molar-refractivity contribution is -0.143. The second-order valence-electron chi connectivity index (χ2n) is 10.5. The summed E-state index contributed by atoms with van der Waals surface area (Å²) in [4.78, 5) is 40.9. The number of aryl methyl sites for hydroxylation is 2. The fourth-order valence-corrected chi connectivity index (χ4v) is 4.29. The molecule has 2 unspecified atom stereocenters. The second-order valence-corrected chi connectivity index (χ2v) is 10.5. The summed E-state index contributed by atoms with van der Waals surface area (Å²) in [5.41, 5.74) is 2.31. The maximum Gasteiger partial charge on any atom is 0.408 e. The van der Waals surface area contributed by atoms with Gasteiger partial charge in [0, 0.05) is 12.1 Å². The molecule has 0 saturated heterocycles. The number of alkyl carbamates (subject to hydrolysis) is 1. The van der Waals surface area contributed by atoms with E-state index in [0.29, 0.717) is 6.42 Å². The molecular weight excluding hydrogens is 430 g/mol. The minimum Gasteiger partial charge on any atom is -0.444 e. The van der Waals surface area contributed by atoms with Crippen molar-refractivity contribution < 1.29 is 19.1 Å². The third-order valence-electron chi connectivity index (χ3n) is 6.46. The molecule has 0 bridgehead atoms. The van der Waals surface area contributed by atoms with E-state index in [4.69, 9.17) is 4.74 Å². The fraction of sp³-hybridized carbons (Fsp3) is 0.667. The first-order valence-corrected chi connectivity index (χ1v) is 12.6. The maximum absolute atomic E-state index is 13.7.